The molecule has 0 saturated heterocycles. The first-order valence-electron chi connectivity index (χ1n) is 20.3. The Morgan fingerprint density at radius 3 is 1.75 bits per heavy atom. The van der Waals surface area contributed by atoms with Crippen molar-refractivity contribution >= 4 is 60.8 Å². The van der Waals surface area contributed by atoms with E-state index in [0.717, 1.165) is 55.8 Å². The number of hydrogen-bond donors (Lipinski definition) is 0. The molecule has 11 aromatic rings. The predicted molar refractivity (Wildman–Crippen MR) is 249 cm³/mol. The fraction of sp³-hybridized carbons (Fsp3) is 0.0357. The van der Waals surface area contributed by atoms with Crippen molar-refractivity contribution in [2.45, 2.75) is 13.8 Å². The topological polar surface area (TPSA) is 21.3 Å². The molecule has 0 unspecified atom stereocenters. The van der Waals surface area contributed by atoms with Gasteiger partial charge in [-0.25, -0.2) is 0 Å². The maximum Gasteiger partial charge on any atom is 0.145 e. The summed E-state index contributed by atoms with van der Waals surface area (Å²) in [5, 5.41) is 4.62. The van der Waals surface area contributed by atoms with E-state index in [1.54, 1.807) is 0 Å². The van der Waals surface area contributed by atoms with Gasteiger partial charge >= 0.3 is 0 Å². The second-order valence-corrected chi connectivity index (χ2v) is 15.4. The summed E-state index contributed by atoms with van der Waals surface area (Å²) in [5.74, 6) is 0. The average Bonchev–Trinajstić information content (AvgIpc) is 3.84. The molecule has 2 aromatic heterocycles. The van der Waals surface area contributed by atoms with Crippen LogP contribution in [0.15, 0.2) is 211 Å². The van der Waals surface area contributed by atoms with Crippen LogP contribution in [-0.4, -0.2) is 4.57 Å². The summed E-state index contributed by atoms with van der Waals surface area (Å²) in [6, 6.07) is 74.2. The Balaban J connectivity index is 1.19. The van der Waals surface area contributed by atoms with Gasteiger partial charge in [0.2, 0.25) is 0 Å². The molecule has 0 aliphatic rings. The van der Waals surface area contributed by atoms with Crippen LogP contribution in [-0.2, 0) is 0 Å². The fourth-order valence-electron chi connectivity index (χ4n) is 9.14. The molecule has 0 bridgehead atoms. The van der Waals surface area contributed by atoms with Gasteiger partial charge in [0.05, 0.1) is 27.8 Å². The van der Waals surface area contributed by atoms with Crippen molar-refractivity contribution in [3.63, 3.8) is 0 Å². The highest BCUT2D eigenvalue weighted by Crippen LogP contribution is 2.49. The molecule has 0 spiro atoms. The Bertz CT molecular complexity index is 3280. The number of aromatic nitrogens is 1. The van der Waals surface area contributed by atoms with Gasteiger partial charge in [0.15, 0.2) is 0 Å². The van der Waals surface area contributed by atoms with Crippen LogP contribution in [0.5, 0.6) is 0 Å². The largest absolute Gasteiger partial charge is 0.455 e. The quantitative estimate of drug-likeness (QED) is 0.161. The van der Waals surface area contributed by atoms with E-state index in [0.29, 0.717) is 0 Å². The van der Waals surface area contributed by atoms with E-state index in [1.807, 2.05) is 0 Å². The monoisotopic (exact) mass is 756 g/mol. The number of nitrogens with zero attached hydrogens (tertiary/aromatic N) is 2. The lowest BCUT2D eigenvalue weighted by molar-refractivity contribution is 0.670. The van der Waals surface area contributed by atoms with Crippen molar-refractivity contribution in [3.8, 4) is 39.1 Å². The van der Waals surface area contributed by atoms with Crippen molar-refractivity contribution in [1.82, 2.24) is 4.57 Å². The third-order valence-corrected chi connectivity index (χ3v) is 11.8. The van der Waals surface area contributed by atoms with Gasteiger partial charge < -0.3 is 13.9 Å². The first-order valence-corrected chi connectivity index (χ1v) is 20.3. The maximum atomic E-state index is 7.02. The molecule has 0 saturated carbocycles. The van der Waals surface area contributed by atoms with E-state index < -0.39 is 0 Å². The average molecular weight is 757 g/mol. The summed E-state index contributed by atoms with van der Waals surface area (Å²) in [5.41, 5.74) is 17.7. The zero-order chi connectivity index (χ0) is 39.5. The van der Waals surface area contributed by atoms with Gasteiger partial charge in [-0.2, -0.15) is 0 Å². The zero-order valence-electron chi connectivity index (χ0n) is 32.9. The smallest absolute Gasteiger partial charge is 0.145 e. The SMILES string of the molecule is Cc1ccc(N(c2cc(C)c(-c3ccccc3)c(-c3ccccc3)c2)c2ccc(-c3ccccc3-n3c4ccccc4c4ccccc43)c3oc4ccccc4c23)cc1. The Kier molecular flexibility index (Phi) is 8.27. The highest BCUT2D eigenvalue weighted by atomic mass is 16.3. The molecule has 0 atom stereocenters. The molecule has 0 aliphatic heterocycles. The predicted octanol–water partition coefficient (Wildman–Crippen LogP) is 15.8. The van der Waals surface area contributed by atoms with Crippen molar-refractivity contribution < 1.29 is 4.42 Å². The Hall–Kier alpha value is -7.62. The molecule has 3 heteroatoms. The number of fused-ring (bicyclic) bond motifs is 6. The van der Waals surface area contributed by atoms with E-state index >= 15 is 0 Å². The molecule has 59 heavy (non-hydrogen) atoms. The second-order valence-electron chi connectivity index (χ2n) is 15.4. The first kappa shape index (κ1) is 34.6. The van der Waals surface area contributed by atoms with Crippen molar-refractivity contribution in [3.05, 3.63) is 217 Å². The van der Waals surface area contributed by atoms with Crippen molar-refractivity contribution in [2.75, 3.05) is 4.90 Å². The highest BCUT2D eigenvalue weighted by Gasteiger charge is 2.25. The lowest BCUT2D eigenvalue weighted by atomic mass is 9.90. The van der Waals surface area contributed by atoms with Crippen molar-refractivity contribution in [2.24, 2.45) is 0 Å². The van der Waals surface area contributed by atoms with Crippen LogP contribution in [0.2, 0.25) is 0 Å². The molecule has 11 rings (SSSR count). The number of para-hydroxylation sites is 4. The molecule has 9 aromatic carbocycles. The van der Waals surface area contributed by atoms with Crippen LogP contribution in [0.1, 0.15) is 11.1 Å². The highest BCUT2D eigenvalue weighted by molar-refractivity contribution is 6.18. The van der Waals surface area contributed by atoms with Crippen LogP contribution in [0.25, 0.3) is 82.8 Å². The molecule has 0 N–H and O–H groups in total. The third kappa shape index (κ3) is 5.74. The van der Waals surface area contributed by atoms with E-state index in [9.17, 15) is 0 Å². The zero-order valence-corrected chi connectivity index (χ0v) is 32.9. The van der Waals surface area contributed by atoms with E-state index in [-0.39, 0.29) is 0 Å². The number of furan rings is 1. The molecule has 0 radical (unpaired) electrons. The molecule has 0 fully saturated rings. The van der Waals surface area contributed by atoms with Gasteiger partial charge in [0.25, 0.3) is 0 Å². The minimum absolute atomic E-state index is 0.856. The fourth-order valence-corrected chi connectivity index (χ4v) is 9.14. The van der Waals surface area contributed by atoms with Gasteiger partial charge in [-0.1, -0.05) is 151 Å². The van der Waals surface area contributed by atoms with Gasteiger partial charge in [-0.15, -0.1) is 0 Å². The number of benzene rings is 9. The van der Waals surface area contributed by atoms with Gasteiger partial charge in [0.1, 0.15) is 11.2 Å². The minimum atomic E-state index is 0.856. The Labute approximate surface area is 343 Å². The van der Waals surface area contributed by atoms with E-state index in [4.69, 9.17) is 4.42 Å². The summed E-state index contributed by atoms with van der Waals surface area (Å²) in [7, 11) is 0. The normalized spacial score (nSPS) is 11.6. The van der Waals surface area contributed by atoms with Gasteiger partial charge in [-0.3, -0.25) is 0 Å². The molecule has 280 valence electrons. The summed E-state index contributed by atoms with van der Waals surface area (Å²) in [6.45, 7) is 4.38. The standard InChI is InChI=1S/C56H40N2O/c1-37-29-31-41(32-30-37)57(42-35-38(2)54(40-19-7-4-8-20-40)48(36-42)39-17-5-3-6-18-39)52-34-33-46(56-55(52)47-24-12-16-28-53(47)59-56)45-23-11-15-27-51(45)58-49-25-13-9-21-43(49)44-22-10-14-26-50(44)58/h3-36H,1-2H3. The summed E-state index contributed by atoms with van der Waals surface area (Å²) >= 11 is 0. The second kappa shape index (κ2) is 14.1. The molecular weight excluding hydrogens is 717 g/mol. The number of rotatable bonds is 7. The van der Waals surface area contributed by atoms with E-state index in [1.165, 1.54) is 55.2 Å². The molecule has 3 nitrogen and oxygen atoms in total. The summed E-state index contributed by atoms with van der Waals surface area (Å²) < 4.78 is 9.43. The lowest BCUT2D eigenvalue weighted by Gasteiger charge is -2.29. The molecular formula is C56H40N2O. The molecule has 0 aliphatic carbocycles. The van der Waals surface area contributed by atoms with Gasteiger partial charge in [0, 0.05) is 38.7 Å². The first-order chi connectivity index (χ1) is 29.1. The number of hydrogen-bond acceptors (Lipinski definition) is 2. The maximum absolute atomic E-state index is 7.02. The van der Waals surface area contributed by atoms with Crippen LogP contribution in [0.4, 0.5) is 17.1 Å². The van der Waals surface area contributed by atoms with Gasteiger partial charge in [-0.05, 0) is 102 Å². The van der Waals surface area contributed by atoms with Crippen LogP contribution in [0.3, 0.4) is 0 Å². The Morgan fingerprint density at radius 1 is 0.441 bits per heavy atom. The Morgan fingerprint density at radius 2 is 1.03 bits per heavy atom. The summed E-state index contributed by atoms with van der Waals surface area (Å²) in [6.07, 6.45) is 0. The molecule has 2 heterocycles. The molecule has 0 amide bonds. The van der Waals surface area contributed by atoms with Crippen LogP contribution < -0.4 is 4.90 Å². The van der Waals surface area contributed by atoms with E-state index in [2.05, 4.69) is 230 Å². The van der Waals surface area contributed by atoms with Crippen LogP contribution in [0, 0.1) is 13.8 Å². The third-order valence-electron chi connectivity index (χ3n) is 11.8. The summed E-state index contributed by atoms with van der Waals surface area (Å²) in [4.78, 5) is 2.42. The van der Waals surface area contributed by atoms with Crippen molar-refractivity contribution in [1.29, 1.82) is 0 Å². The minimum Gasteiger partial charge on any atom is -0.455 e. The van der Waals surface area contributed by atoms with Crippen LogP contribution >= 0.6 is 0 Å². The number of aryl methyl sites for hydroxylation is 2. The number of anilines is 3. The lowest BCUT2D eigenvalue weighted by Crippen LogP contribution is -2.11.